The van der Waals surface area contributed by atoms with E-state index in [0.717, 1.165) is 18.9 Å². The van der Waals surface area contributed by atoms with Gasteiger partial charge >= 0.3 is 0 Å². The maximum atomic E-state index is 6.27. The summed E-state index contributed by atoms with van der Waals surface area (Å²) >= 11 is 0. The van der Waals surface area contributed by atoms with Gasteiger partial charge in [0.05, 0.1) is 5.60 Å². The van der Waals surface area contributed by atoms with Gasteiger partial charge in [0, 0.05) is 12.6 Å². The molecule has 2 unspecified atom stereocenters. The van der Waals surface area contributed by atoms with Crippen molar-refractivity contribution in [1.29, 1.82) is 0 Å². The van der Waals surface area contributed by atoms with E-state index in [2.05, 4.69) is 6.92 Å². The molecule has 2 atom stereocenters. The van der Waals surface area contributed by atoms with Crippen LogP contribution in [0.1, 0.15) is 51.9 Å². The summed E-state index contributed by atoms with van der Waals surface area (Å²) < 4.78 is 5.87. The summed E-state index contributed by atoms with van der Waals surface area (Å²) in [5.74, 6) is 0.896. The Morgan fingerprint density at radius 2 is 2.14 bits per heavy atom. The van der Waals surface area contributed by atoms with Crippen LogP contribution >= 0.6 is 0 Å². The third-order valence-electron chi connectivity index (χ3n) is 4.10. The highest BCUT2D eigenvalue weighted by molar-refractivity contribution is 4.91. The number of rotatable bonds is 3. The lowest BCUT2D eigenvalue weighted by Gasteiger charge is -2.41. The van der Waals surface area contributed by atoms with Crippen LogP contribution in [0.5, 0.6) is 0 Å². The van der Waals surface area contributed by atoms with Crippen LogP contribution in [0.15, 0.2) is 0 Å². The van der Waals surface area contributed by atoms with E-state index in [4.69, 9.17) is 10.5 Å². The quantitative estimate of drug-likeness (QED) is 0.754. The molecule has 2 rings (SSSR count). The molecule has 1 saturated carbocycles. The van der Waals surface area contributed by atoms with E-state index >= 15 is 0 Å². The fourth-order valence-corrected chi connectivity index (χ4v) is 2.58. The molecular formula is C12H23NO. The first-order valence-electron chi connectivity index (χ1n) is 6.10. The Labute approximate surface area is 87.2 Å². The molecule has 0 aromatic carbocycles. The second kappa shape index (κ2) is 4.19. The minimum atomic E-state index is -0.0200. The largest absolute Gasteiger partial charge is 0.374 e. The highest BCUT2D eigenvalue weighted by atomic mass is 16.5. The Balaban J connectivity index is 1.83. The van der Waals surface area contributed by atoms with Gasteiger partial charge in [-0.3, -0.25) is 0 Å². The highest BCUT2D eigenvalue weighted by Gasteiger charge is 2.36. The Kier molecular flexibility index (Phi) is 3.13. The molecule has 1 aliphatic carbocycles. The van der Waals surface area contributed by atoms with Gasteiger partial charge in [-0.25, -0.2) is 0 Å². The summed E-state index contributed by atoms with van der Waals surface area (Å²) in [5.41, 5.74) is 6.25. The molecule has 2 nitrogen and oxygen atoms in total. The summed E-state index contributed by atoms with van der Waals surface area (Å²) in [4.78, 5) is 0. The minimum absolute atomic E-state index is 0.0200. The summed E-state index contributed by atoms with van der Waals surface area (Å²) in [6, 6.07) is 0.257. The van der Waals surface area contributed by atoms with E-state index in [1.165, 1.54) is 38.5 Å². The molecule has 2 N–H and O–H groups in total. The molecule has 1 heterocycles. The summed E-state index contributed by atoms with van der Waals surface area (Å²) in [6.07, 6.45) is 9.03. The monoisotopic (exact) mass is 197 g/mol. The van der Waals surface area contributed by atoms with E-state index in [9.17, 15) is 0 Å². The molecule has 14 heavy (non-hydrogen) atoms. The van der Waals surface area contributed by atoms with Gasteiger partial charge in [0.1, 0.15) is 0 Å². The van der Waals surface area contributed by atoms with Crippen LogP contribution in [-0.2, 0) is 4.74 Å². The third-order valence-corrected chi connectivity index (χ3v) is 4.10. The van der Waals surface area contributed by atoms with Crippen LogP contribution < -0.4 is 5.73 Å². The minimum Gasteiger partial charge on any atom is -0.374 e. The zero-order chi connectivity index (χ0) is 10.0. The van der Waals surface area contributed by atoms with Crippen LogP contribution in [0.2, 0.25) is 0 Å². The van der Waals surface area contributed by atoms with E-state index in [1.807, 2.05) is 0 Å². The summed E-state index contributed by atoms with van der Waals surface area (Å²) in [7, 11) is 0. The molecular weight excluding hydrogens is 174 g/mol. The number of ether oxygens (including phenoxy) is 1. The smallest absolute Gasteiger partial charge is 0.0804 e. The maximum Gasteiger partial charge on any atom is 0.0804 e. The predicted molar refractivity (Wildman–Crippen MR) is 58.1 cm³/mol. The molecule has 82 valence electrons. The van der Waals surface area contributed by atoms with Gasteiger partial charge in [0.2, 0.25) is 0 Å². The second-order valence-electron chi connectivity index (χ2n) is 5.26. The molecule has 2 aliphatic rings. The Morgan fingerprint density at radius 1 is 1.36 bits per heavy atom. The third kappa shape index (κ3) is 2.12. The van der Waals surface area contributed by atoms with Crippen molar-refractivity contribution < 1.29 is 4.74 Å². The molecule has 1 aliphatic heterocycles. The van der Waals surface area contributed by atoms with Gasteiger partial charge in [-0.2, -0.15) is 0 Å². The molecule has 0 aromatic heterocycles. The molecule has 0 bridgehead atoms. The van der Waals surface area contributed by atoms with Crippen LogP contribution in [0, 0.1) is 5.92 Å². The van der Waals surface area contributed by atoms with Crippen molar-refractivity contribution in [3.63, 3.8) is 0 Å². The molecule has 1 saturated heterocycles. The van der Waals surface area contributed by atoms with Gasteiger partial charge in [-0.15, -0.1) is 0 Å². The Hall–Kier alpha value is -0.0800. The van der Waals surface area contributed by atoms with Crippen LogP contribution in [0.3, 0.4) is 0 Å². The van der Waals surface area contributed by atoms with Crippen molar-refractivity contribution in [1.82, 2.24) is 0 Å². The van der Waals surface area contributed by atoms with Gasteiger partial charge in [0.25, 0.3) is 0 Å². The maximum absolute atomic E-state index is 6.27. The SMILES string of the molecule is CC1(C(N)CC2CCC2)CCCCO1. The van der Waals surface area contributed by atoms with E-state index < -0.39 is 0 Å². The molecule has 2 heteroatoms. The van der Waals surface area contributed by atoms with Gasteiger partial charge in [-0.1, -0.05) is 19.3 Å². The van der Waals surface area contributed by atoms with E-state index in [1.54, 1.807) is 0 Å². The van der Waals surface area contributed by atoms with Crippen LogP contribution in [0.25, 0.3) is 0 Å². The second-order valence-corrected chi connectivity index (χ2v) is 5.26. The standard InChI is InChI=1S/C12H23NO/c1-12(7-2-3-8-14-12)11(13)9-10-5-4-6-10/h10-11H,2-9,13H2,1H3. The Morgan fingerprint density at radius 3 is 2.64 bits per heavy atom. The van der Waals surface area contributed by atoms with Gasteiger partial charge < -0.3 is 10.5 Å². The van der Waals surface area contributed by atoms with Crippen molar-refractivity contribution in [2.45, 2.75) is 63.5 Å². The topological polar surface area (TPSA) is 35.2 Å². The normalized spacial score (nSPS) is 36.4. The van der Waals surface area contributed by atoms with E-state index in [-0.39, 0.29) is 11.6 Å². The zero-order valence-electron chi connectivity index (χ0n) is 9.30. The lowest BCUT2D eigenvalue weighted by atomic mass is 9.76. The van der Waals surface area contributed by atoms with Crippen LogP contribution in [0.4, 0.5) is 0 Å². The lowest BCUT2D eigenvalue weighted by molar-refractivity contribution is -0.0864. The molecule has 0 spiro atoms. The first kappa shape index (κ1) is 10.4. The van der Waals surface area contributed by atoms with Crippen molar-refractivity contribution in [3.8, 4) is 0 Å². The average Bonchev–Trinajstić information content (AvgIpc) is 2.12. The molecule has 2 fully saturated rings. The van der Waals surface area contributed by atoms with Crippen molar-refractivity contribution in [2.24, 2.45) is 11.7 Å². The van der Waals surface area contributed by atoms with Crippen molar-refractivity contribution in [2.75, 3.05) is 6.61 Å². The number of hydrogen-bond acceptors (Lipinski definition) is 2. The van der Waals surface area contributed by atoms with Crippen molar-refractivity contribution >= 4 is 0 Å². The first-order chi connectivity index (χ1) is 6.71. The van der Waals surface area contributed by atoms with Gasteiger partial charge in [-0.05, 0) is 38.5 Å². The number of hydrogen-bond donors (Lipinski definition) is 1. The fourth-order valence-electron chi connectivity index (χ4n) is 2.58. The van der Waals surface area contributed by atoms with Crippen LogP contribution in [-0.4, -0.2) is 18.2 Å². The first-order valence-corrected chi connectivity index (χ1v) is 6.10. The molecule has 0 radical (unpaired) electrons. The van der Waals surface area contributed by atoms with Gasteiger partial charge in [0.15, 0.2) is 0 Å². The lowest BCUT2D eigenvalue weighted by Crippen LogP contribution is -2.50. The summed E-state index contributed by atoms with van der Waals surface area (Å²) in [5, 5.41) is 0. The fraction of sp³-hybridized carbons (Fsp3) is 1.00. The Bertz CT molecular complexity index is 183. The van der Waals surface area contributed by atoms with E-state index in [0.29, 0.717) is 0 Å². The molecule has 0 aromatic rings. The highest BCUT2D eigenvalue weighted by Crippen LogP contribution is 2.35. The summed E-state index contributed by atoms with van der Waals surface area (Å²) in [6.45, 7) is 3.12. The zero-order valence-corrected chi connectivity index (χ0v) is 9.30. The van der Waals surface area contributed by atoms with Crippen molar-refractivity contribution in [3.05, 3.63) is 0 Å². The predicted octanol–water partition coefficient (Wildman–Crippen LogP) is 2.46. The molecule has 0 amide bonds. The number of nitrogens with two attached hydrogens (primary N) is 1. The average molecular weight is 197 g/mol.